The lowest BCUT2D eigenvalue weighted by Crippen LogP contribution is -2.43. The van der Waals surface area contributed by atoms with Crippen molar-refractivity contribution in [3.63, 3.8) is 0 Å². The molecule has 1 fully saturated rings. The summed E-state index contributed by atoms with van der Waals surface area (Å²) in [5.41, 5.74) is 1.26. The van der Waals surface area contributed by atoms with Crippen molar-refractivity contribution in [2.45, 2.75) is 46.5 Å². The van der Waals surface area contributed by atoms with Crippen LogP contribution in [0.5, 0.6) is 0 Å². The first-order valence-corrected chi connectivity index (χ1v) is 6.93. The van der Waals surface area contributed by atoms with Crippen molar-refractivity contribution >= 4 is 0 Å². The van der Waals surface area contributed by atoms with Gasteiger partial charge in [0.1, 0.15) is 0 Å². The summed E-state index contributed by atoms with van der Waals surface area (Å²) in [6.45, 7) is 12.6. The molecule has 0 amide bonds. The SMILES string of the molecule is C=C1O[C@@H](C(C)(C)C)O[C@@H](C)[C@@H]1Cc1ccccc1. The van der Waals surface area contributed by atoms with Crippen molar-refractivity contribution in [3.05, 3.63) is 48.2 Å². The molecule has 1 aliphatic heterocycles. The molecule has 3 atom stereocenters. The van der Waals surface area contributed by atoms with E-state index in [9.17, 15) is 0 Å². The largest absolute Gasteiger partial charge is 0.469 e. The maximum absolute atomic E-state index is 6.02. The summed E-state index contributed by atoms with van der Waals surface area (Å²) in [5, 5.41) is 0. The molecule has 0 aliphatic carbocycles. The Balaban J connectivity index is 2.06. The maximum Gasteiger partial charge on any atom is 0.204 e. The van der Waals surface area contributed by atoms with E-state index < -0.39 is 0 Å². The lowest BCUT2D eigenvalue weighted by molar-refractivity contribution is -0.240. The van der Waals surface area contributed by atoms with Crippen LogP contribution >= 0.6 is 0 Å². The van der Waals surface area contributed by atoms with E-state index in [0.29, 0.717) is 0 Å². The third kappa shape index (κ3) is 3.38. The van der Waals surface area contributed by atoms with Crippen molar-refractivity contribution in [2.24, 2.45) is 11.3 Å². The molecule has 1 aromatic rings. The monoisotopic (exact) mass is 260 g/mol. The van der Waals surface area contributed by atoms with Crippen LogP contribution in [0.25, 0.3) is 0 Å². The second kappa shape index (κ2) is 5.38. The fourth-order valence-electron chi connectivity index (χ4n) is 2.33. The highest BCUT2D eigenvalue weighted by atomic mass is 16.7. The minimum Gasteiger partial charge on any atom is -0.469 e. The first-order valence-electron chi connectivity index (χ1n) is 6.93. The van der Waals surface area contributed by atoms with Gasteiger partial charge in [-0.3, -0.25) is 0 Å². The second-order valence-corrected chi connectivity index (χ2v) is 6.42. The Morgan fingerprint density at radius 2 is 1.79 bits per heavy atom. The molecule has 0 aromatic heterocycles. The normalized spacial score (nSPS) is 28.0. The quantitative estimate of drug-likeness (QED) is 0.794. The van der Waals surface area contributed by atoms with Crippen LogP contribution in [-0.4, -0.2) is 12.4 Å². The van der Waals surface area contributed by atoms with Crippen LogP contribution in [0.3, 0.4) is 0 Å². The molecule has 0 bridgehead atoms. The summed E-state index contributed by atoms with van der Waals surface area (Å²) in [4.78, 5) is 0. The first-order chi connectivity index (χ1) is 8.88. The van der Waals surface area contributed by atoms with Crippen molar-refractivity contribution in [1.82, 2.24) is 0 Å². The Morgan fingerprint density at radius 3 is 2.32 bits per heavy atom. The Morgan fingerprint density at radius 1 is 1.16 bits per heavy atom. The van der Waals surface area contributed by atoms with Crippen LogP contribution in [0.1, 0.15) is 33.3 Å². The number of benzene rings is 1. The molecule has 19 heavy (non-hydrogen) atoms. The molecule has 1 aromatic carbocycles. The Bertz CT molecular complexity index is 430. The summed E-state index contributed by atoms with van der Waals surface area (Å²) in [5.74, 6) is 1.07. The molecule has 1 aliphatic rings. The van der Waals surface area contributed by atoms with Crippen molar-refractivity contribution in [1.29, 1.82) is 0 Å². The lowest BCUT2D eigenvalue weighted by atomic mass is 9.89. The highest BCUT2D eigenvalue weighted by Crippen LogP contribution is 2.36. The fourth-order valence-corrected chi connectivity index (χ4v) is 2.33. The Kier molecular flexibility index (Phi) is 4.00. The zero-order valence-electron chi connectivity index (χ0n) is 12.3. The Labute approximate surface area is 116 Å². The molecule has 0 saturated carbocycles. The van der Waals surface area contributed by atoms with Crippen LogP contribution in [-0.2, 0) is 15.9 Å². The van der Waals surface area contributed by atoms with Gasteiger partial charge in [0.15, 0.2) is 0 Å². The summed E-state index contributed by atoms with van der Waals surface area (Å²) in [6, 6.07) is 10.4. The van der Waals surface area contributed by atoms with Crippen molar-refractivity contribution < 1.29 is 9.47 Å². The van der Waals surface area contributed by atoms with Gasteiger partial charge in [-0.05, 0) is 18.9 Å². The summed E-state index contributed by atoms with van der Waals surface area (Å²) in [6.07, 6.45) is 0.838. The summed E-state index contributed by atoms with van der Waals surface area (Å²) < 4.78 is 11.9. The van der Waals surface area contributed by atoms with Gasteiger partial charge in [-0.1, -0.05) is 57.7 Å². The molecule has 2 rings (SSSR count). The molecule has 2 heteroatoms. The number of ether oxygens (including phenoxy) is 2. The molecule has 0 N–H and O–H groups in total. The average Bonchev–Trinajstić information content (AvgIpc) is 2.33. The minimum atomic E-state index is -0.206. The number of hydrogen-bond donors (Lipinski definition) is 0. The topological polar surface area (TPSA) is 18.5 Å². The van der Waals surface area contributed by atoms with Crippen LogP contribution in [0.2, 0.25) is 0 Å². The maximum atomic E-state index is 6.02. The summed E-state index contributed by atoms with van der Waals surface area (Å²) in [7, 11) is 0. The third-order valence-electron chi connectivity index (χ3n) is 3.58. The van der Waals surface area contributed by atoms with E-state index in [1.807, 2.05) is 6.07 Å². The third-order valence-corrected chi connectivity index (χ3v) is 3.58. The highest BCUT2D eigenvalue weighted by molar-refractivity contribution is 5.18. The van der Waals surface area contributed by atoms with Crippen LogP contribution in [0.4, 0.5) is 0 Å². The predicted octanol–water partition coefficient (Wildman–Crippen LogP) is 4.17. The minimum absolute atomic E-state index is 0.0328. The Hall–Kier alpha value is -1.28. The van der Waals surface area contributed by atoms with Crippen LogP contribution in [0, 0.1) is 11.3 Å². The van der Waals surface area contributed by atoms with Gasteiger partial charge in [-0.15, -0.1) is 0 Å². The van der Waals surface area contributed by atoms with E-state index in [4.69, 9.17) is 9.47 Å². The van der Waals surface area contributed by atoms with Gasteiger partial charge in [0.2, 0.25) is 6.29 Å². The van der Waals surface area contributed by atoms with E-state index in [0.717, 1.165) is 12.2 Å². The van der Waals surface area contributed by atoms with Gasteiger partial charge in [-0.25, -0.2) is 0 Å². The zero-order chi connectivity index (χ0) is 14.0. The highest BCUT2D eigenvalue weighted by Gasteiger charge is 2.38. The number of rotatable bonds is 2. The molecule has 104 valence electrons. The van der Waals surface area contributed by atoms with Crippen LogP contribution in [0.15, 0.2) is 42.7 Å². The molecule has 1 heterocycles. The van der Waals surface area contributed by atoms with Gasteiger partial charge in [0, 0.05) is 11.3 Å². The standard InChI is InChI=1S/C17H24O2/c1-12-15(11-14-9-7-6-8-10-14)13(2)19-16(18-12)17(3,4)5/h6-10,13,15-16H,1,11H2,2-5H3/t13-,15+,16+/m0/s1. The molecule has 1 saturated heterocycles. The molecule has 0 spiro atoms. The predicted molar refractivity (Wildman–Crippen MR) is 77.7 cm³/mol. The van der Waals surface area contributed by atoms with E-state index >= 15 is 0 Å². The average molecular weight is 260 g/mol. The molecular weight excluding hydrogens is 236 g/mol. The fraction of sp³-hybridized carbons (Fsp3) is 0.529. The van der Waals surface area contributed by atoms with E-state index in [2.05, 4.69) is 58.5 Å². The van der Waals surface area contributed by atoms with Gasteiger partial charge >= 0.3 is 0 Å². The van der Waals surface area contributed by atoms with E-state index in [1.165, 1.54) is 5.56 Å². The van der Waals surface area contributed by atoms with Gasteiger partial charge in [0.25, 0.3) is 0 Å². The second-order valence-electron chi connectivity index (χ2n) is 6.42. The molecule has 2 nitrogen and oxygen atoms in total. The summed E-state index contributed by atoms with van der Waals surface area (Å²) >= 11 is 0. The van der Waals surface area contributed by atoms with E-state index in [-0.39, 0.29) is 23.7 Å². The molecule has 0 radical (unpaired) electrons. The lowest BCUT2D eigenvalue weighted by Gasteiger charge is -2.42. The van der Waals surface area contributed by atoms with Gasteiger partial charge in [0.05, 0.1) is 11.9 Å². The van der Waals surface area contributed by atoms with Crippen molar-refractivity contribution in [3.8, 4) is 0 Å². The van der Waals surface area contributed by atoms with E-state index in [1.54, 1.807) is 0 Å². The molecular formula is C17H24O2. The molecule has 0 unspecified atom stereocenters. The smallest absolute Gasteiger partial charge is 0.204 e. The first kappa shape index (κ1) is 14.1. The van der Waals surface area contributed by atoms with Crippen molar-refractivity contribution in [2.75, 3.05) is 0 Å². The van der Waals surface area contributed by atoms with Gasteiger partial charge in [-0.2, -0.15) is 0 Å². The number of hydrogen-bond acceptors (Lipinski definition) is 2. The zero-order valence-corrected chi connectivity index (χ0v) is 12.3. The van der Waals surface area contributed by atoms with Gasteiger partial charge < -0.3 is 9.47 Å². The van der Waals surface area contributed by atoms with Crippen LogP contribution < -0.4 is 0 Å².